The molecule has 0 aromatic rings. The van der Waals surface area contributed by atoms with Crippen molar-refractivity contribution in [1.82, 2.24) is 0 Å². The maximum atomic E-state index is 5.14. The van der Waals surface area contributed by atoms with Crippen molar-refractivity contribution in [2.75, 3.05) is 15.5 Å². The summed E-state index contributed by atoms with van der Waals surface area (Å²) in [4.78, 5) is 0. The number of alkyl halides is 2. The predicted octanol–water partition coefficient (Wildman–Crippen LogP) is 1.87. The van der Waals surface area contributed by atoms with Gasteiger partial charge in [0.15, 0.2) is 0 Å². The molecular formula is C5H8I2O. The van der Waals surface area contributed by atoms with Crippen LogP contribution in [0.1, 0.15) is 0 Å². The van der Waals surface area contributed by atoms with Crippen molar-refractivity contribution < 1.29 is 4.74 Å². The first-order valence-electron chi connectivity index (χ1n) is 2.62. The summed E-state index contributed by atoms with van der Waals surface area (Å²) in [7, 11) is 0. The molecule has 0 aromatic carbocycles. The first kappa shape index (κ1) is 7.53. The molecule has 1 heterocycles. The molecule has 1 rings (SSSR count). The van der Waals surface area contributed by atoms with E-state index in [2.05, 4.69) is 45.2 Å². The maximum absolute atomic E-state index is 5.14. The van der Waals surface area contributed by atoms with Gasteiger partial charge in [-0.3, -0.25) is 0 Å². The molecule has 0 radical (unpaired) electrons. The monoisotopic (exact) mass is 338 g/mol. The molecule has 8 heavy (non-hydrogen) atoms. The zero-order valence-electron chi connectivity index (χ0n) is 4.44. The van der Waals surface area contributed by atoms with Crippen molar-refractivity contribution in [2.45, 2.75) is 6.10 Å². The fraction of sp³-hybridized carbons (Fsp3) is 1.00. The lowest BCUT2D eigenvalue weighted by atomic mass is 10.2. The summed E-state index contributed by atoms with van der Waals surface area (Å²) in [5, 5.41) is 0. The van der Waals surface area contributed by atoms with Gasteiger partial charge in [0, 0.05) is 14.8 Å². The second-order valence-corrected chi connectivity index (χ2v) is 3.70. The van der Waals surface area contributed by atoms with Crippen molar-refractivity contribution in [3.8, 4) is 0 Å². The number of ether oxygens (including phenoxy) is 1. The number of hydrogen-bond acceptors (Lipinski definition) is 1. The summed E-state index contributed by atoms with van der Waals surface area (Å²) in [5.41, 5.74) is 0. The van der Waals surface area contributed by atoms with Gasteiger partial charge in [-0.1, -0.05) is 45.2 Å². The van der Waals surface area contributed by atoms with Crippen LogP contribution in [0.5, 0.6) is 0 Å². The Bertz CT molecular complexity index is 68.8. The molecule has 1 atom stereocenters. The molecule has 1 fully saturated rings. The van der Waals surface area contributed by atoms with Crippen LogP contribution in [0.25, 0.3) is 0 Å². The second-order valence-electron chi connectivity index (χ2n) is 1.94. The summed E-state index contributed by atoms with van der Waals surface area (Å²) in [6.07, 6.45) is 0.615. The SMILES string of the molecule is ICC(CI)C1CO1. The maximum Gasteiger partial charge on any atom is 0.0852 e. The summed E-state index contributed by atoms with van der Waals surface area (Å²) in [6.45, 7) is 1.01. The zero-order chi connectivity index (χ0) is 5.98. The molecule has 1 unspecified atom stereocenters. The summed E-state index contributed by atoms with van der Waals surface area (Å²) in [5.74, 6) is 0.816. The minimum absolute atomic E-state index is 0.615. The van der Waals surface area contributed by atoms with Crippen LogP contribution in [0.15, 0.2) is 0 Å². The number of epoxide rings is 1. The molecule has 0 spiro atoms. The van der Waals surface area contributed by atoms with E-state index >= 15 is 0 Å². The molecule has 0 bridgehead atoms. The first-order chi connectivity index (χ1) is 3.88. The van der Waals surface area contributed by atoms with E-state index in [0.29, 0.717) is 6.10 Å². The highest BCUT2D eigenvalue weighted by atomic mass is 127. The van der Waals surface area contributed by atoms with Gasteiger partial charge in [-0.05, 0) is 0 Å². The Morgan fingerprint density at radius 1 is 1.50 bits per heavy atom. The van der Waals surface area contributed by atoms with Gasteiger partial charge in [0.2, 0.25) is 0 Å². The van der Waals surface area contributed by atoms with Gasteiger partial charge < -0.3 is 4.74 Å². The van der Waals surface area contributed by atoms with E-state index in [9.17, 15) is 0 Å². The lowest BCUT2D eigenvalue weighted by Crippen LogP contribution is -2.10. The van der Waals surface area contributed by atoms with Crippen LogP contribution in [0.4, 0.5) is 0 Å². The number of halogens is 2. The third-order valence-electron chi connectivity index (χ3n) is 1.28. The third-order valence-corrected chi connectivity index (χ3v) is 3.54. The molecule has 0 aromatic heterocycles. The Balaban J connectivity index is 2.15. The molecule has 0 aliphatic carbocycles. The minimum Gasteiger partial charge on any atom is -0.373 e. The van der Waals surface area contributed by atoms with Crippen LogP contribution in [-0.4, -0.2) is 21.6 Å². The molecule has 3 heteroatoms. The first-order valence-corrected chi connectivity index (χ1v) is 5.67. The van der Waals surface area contributed by atoms with E-state index in [1.54, 1.807) is 0 Å². The Morgan fingerprint density at radius 2 is 2.00 bits per heavy atom. The standard InChI is InChI=1S/C5H8I2O/c6-1-4(2-7)5-3-8-5/h4-5H,1-3H2. The lowest BCUT2D eigenvalue weighted by molar-refractivity contribution is 0.365. The van der Waals surface area contributed by atoms with E-state index in [-0.39, 0.29) is 0 Å². The van der Waals surface area contributed by atoms with E-state index in [4.69, 9.17) is 4.74 Å². The number of rotatable bonds is 3. The van der Waals surface area contributed by atoms with Crippen LogP contribution in [0.2, 0.25) is 0 Å². The quantitative estimate of drug-likeness (QED) is 0.435. The van der Waals surface area contributed by atoms with Gasteiger partial charge in [-0.15, -0.1) is 0 Å². The highest BCUT2D eigenvalue weighted by Gasteiger charge is 2.30. The predicted molar refractivity (Wildman–Crippen MR) is 51.0 cm³/mol. The van der Waals surface area contributed by atoms with Gasteiger partial charge >= 0.3 is 0 Å². The van der Waals surface area contributed by atoms with Crippen molar-refractivity contribution >= 4 is 45.2 Å². The molecule has 48 valence electrons. The van der Waals surface area contributed by atoms with Crippen LogP contribution in [0, 0.1) is 5.92 Å². The van der Waals surface area contributed by atoms with Crippen LogP contribution >= 0.6 is 45.2 Å². The molecular weight excluding hydrogens is 330 g/mol. The highest BCUT2D eigenvalue weighted by molar-refractivity contribution is 14.1. The van der Waals surface area contributed by atoms with Gasteiger partial charge in [0.1, 0.15) is 0 Å². The third kappa shape index (κ3) is 1.98. The van der Waals surface area contributed by atoms with E-state index in [1.165, 1.54) is 8.86 Å². The molecule has 1 aliphatic rings. The summed E-state index contributed by atoms with van der Waals surface area (Å²) < 4.78 is 7.63. The smallest absolute Gasteiger partial charge is 0.0852 e. The van der Waals surface area contributed by atoms with Crippen molar-refractivity contribution in [3.05, 3.63) is 0 Å². The molecule has 0 saturated carbocycles. The van der Waals surface area contributed by atoms with Crippen LogP contribution in [0.3, 0.4) is 0 Å². The fourth-order valence-electron chi connectivity index (χ4n) is 0.568. The Morgan fingerprint density at radius 3 is 2.12 bits per heavy atom. The minimum atomic E-state index is 0.615. The molecule has 1 saturated heterocycles. The van der Waals surface area contributed by atoms with E-state index in [0.717, 1.165) is 12.5 Å². The molecule has 1 nitrogen and oxygen atoms in total. The van der Waals surface area contributed by atoms with E-state index < -0.39 is 0 Å². The normalized spacial score (nSPS) is 26.6. The zero-order valence-corrected chi connectivity index (χ0v) is 8.76. The average Bonchev–Trinajstić information content (AvgIpc) is 2.53. The number of hydrogen-bond donors (Lipinski definition) is 0. The summed E-state index contributed by atoms with van der Waals surface area (Å²) >= 11 is 4.84. The topological polar surface area (TPSA) is 12.5 Å². The lowest BCUT2D eigenvalue weighted by Gasteiger charge is -2.03. The van der Waals surface area contributed by atoms with Crippen LogP contribution < -0.4 is 0 Å². The molecule has 0 N–H and O–H groups in total. The van der Waals surface area contributed by atoms with Crippen molar-refractivity contribution in [2.24, 2.45) is 5.92 Å². The fourth-order valence-corrected chi connectivity index (χ4v) is 3.52. The van der Waals surface area contributed by atoms with Gasteiger partial charge in [0.25, 0.3) is 0 Å². The largest absolute Gasteiger partial charge is 0.373 e. The van der Waals surface area contributed by atoms with Gasteiger partial charge in [-0.25, -0.2) is 0 Å². The Kier molecular flexibility index (Phi) is 3.34. The molecule has 1 aliphatic heterocycles. The Labute approximate surface area is 76.8 Å². The van der Waals surface area contributed by atoms with Crippen molar-refractivity contribution in [1.29, 1.82) is 0 Å². The van der Waals surface area contributed by atoms with Crippen LogP contribution in [-0.2, 0) is 4.74 Å². The van der Waals surface area contributed by atoms with Gasteiger partial charge in [-0.2, -0.15) is 0 Å². The second kappa shape index (κ2) is 3.55. The van der Waals surface area contributed by atoms with E-state index in [1.807, 2.05) is 0 Å². The molecule has 0 amide bonds. The highest BCUT2D eigenvalue weighted by Crippen LogP contribution is 2.23. The van der Waals surface area contributed by atoms with Crippen molar-refractivity contribution in [3.63, 3.8) is 0 Å². The van der Waals surface area contributed by atoms with Gasteiger partial charge in [0.05, 0.1) is 12.7 Å². The average molecular weight is 338 g/mol. The Hall–Kier alpha value is 1.42. The summed E-state index contributed by atoms with van der Waals surface area (Å²) in [6, 6.07) is 0.